The van der Waals surface area contributed by atoms with Crippen molar-refractivity contribution >= 4 is 32.6 Å². The van der Waals surface area contributed by atoms with Crippen LogP contribution in [0.3, 0.4) is 0 Å². The van der Waals surface area contributed by atoms with Crippen molar-refractivity contribution in [2.45, 2.75) is 32.5 Å². The largest absolute Gasteiger partial charge is 0.467 e. The monoisotopic (exact) mass is 493 g/mol. The van der Waals surface area contributed by atoms with Gasteiger partial charge in [-0.25, -0.2) is 18.2 Å². The molecule has 35 heavy (non-hydrogen) atoms. The summed E-state index contributed by atoms with van der Waals surface area (Å²) in [4.78, 5) is 30.6. The van der Waals surface area contributed by atoms with Crippen LogP contribution in [0.2, 0.25) is 0 Å². The second-order valence-corrected chi connectivity index (χ2v) is 10.4. The standard InChI is InChI=1S/C25H23N3O6S/c1-16-12-18-13-17(9-10-22(18)28(16)35(2,31)32)25(30)34-15-23-26-21-8-4-3-7-20(21)24(29)27(23)14-19-6-5-11-33-19/h3-11,13,16H,12,14-15H2,1-2H3. The van der Waals surface area contributed by atoms with E-state index in [0.717, 1.165) is 5.56 Å². The van der Waals surface area contributed by atoms with Crippen molar-refractivity contribution in [2.24, 2.45) is 0 Å². The van der Waals surface area contributed by atoms with Crippen molar-refractivity contribution in [3.8, 4) is 0 Å². The molecule has 0 spiro atoms. The normalized spacial score (nSPS) is 15.4. The molecule has 1 atom stereocenters. The lowest BCUT2D eigenvalue weighted by Gasteiger charge is -2.21. The first-order chi connectivity index (χ1) is 16.7. The molecule has 0 saturated heterocycles. The van der Waals surface area contributed by atoms with Crippen molar-refractivity contribution in [1.29, 1.82) is 0 Å². The molecule has 0 aliphatic carbocycles. The third-order valence-corrected chi connectivity index (χ3v) is 7.26. The molecule has 0 amide bonds. The minimum Gasteiger partial charge on any atom is -0.467 e. The van der Waals surface area contributed by atoms with E-state index in [1.54, 1.807) is 54.6 Å². The number of ether oxygens (including phenoxy) is 1. The molecule has 9 nitrogen and oxygen atoms in total. The first kappa shape index (κ1) is 22.9. The SMILES string of the molecule is CC1Cc2cc(C(=O)OCc3nc4ccccc4c(=O)n3Cc3ccco3)ccc2N1S(C)(=O)=O. The van der Waals surface area contributed by atoms with Gasteiger partial charge < -0.3 is 9.15 Å². The summed E-state index contributed by atoms with van der Waals surface area (Å²) in [6.45, 7) is 1.75. The number of furan rings is 1. The van der Waals surface area contributed by atoms with E-state index in [1.165, 1.54) is 21.4 Å². The summed E-state index contributed by atoms with van der Waals surface area (Å²) < 4.78 is 38.0. The molecule has 2 aromatic carbocycles. The summed E-state index contributed by atoms with van der Waals surface area (Å²) in [7, 11) is -3.42. The molecule has 1 aliphatic heterocycles. The predicted molar refractivity (Wildman–Crippen MR) is 130 cm³/mol. The molecular weight excluding hydrogens is 470 g/mol. The molecular formula is C25H23N3O6S. The van der Waals surface area contributed by atoms with Crippen LogP contribution in [-0.4, -0.2) is 36.2 Å². The number of rotatable bonds is 6. The van der Waals surface area contributed by atoms with E-state index in [9.17, 15) is 18.0 Å². The van der Waals surface area contributed by atoms with Crippen molar-refractivity contribution in [2.75, 3.05) is 10.6 Å². The third kappa shape index (κ3) is 4.32. The fraction of sp³-hybridized carbons (Fsp3) is 0.240. The van der Waals surface area contributed by atoms with Crippen LogP contribution in [0.5, 0.6) is 0 Å². The van der Waals surface area contributed by atoms with Crippen molar-refractivity contribution < 1.29 is 22.4 Å². The third-order valence-electron chi connectivity index (χ3n) is 5.99. The minimum atomic E-state index is -3.42. The Morgan fingerprint density at radius 2 is 1.97 bits per heavy atom. The van der Waals surface area contributed by atoms with E-state index in [0.29, 0.717) is 34.3 Å². The van der Waals surface area contributed by atoms with Crippen molar-refractivity contribution in [3.63, 3.8) is 0 Å². The van der Waals surface area contributed by atoms with Gasteiger partial charge in [-0.1, -0.05) is 12.1 Å². The molecule has 1 unspecified atom stereocenters. The molecule has 0 radical (unpaired) electrons. The Labute approximate surface area is 201 Å². The highest BCUT2D eigenvalue weighted by Crippen LogP contribution is 2.34. The molecule has 0 N–H and O–H groups in total. The summed E-state index contributed by atoms with van der Waals surface area (Å²) in [6.07, 6.45) is 3.19. The predicted octanol–water partition coefficient (Wildman–Crippen LogP) is 3.11. The highest BCUT2D eigenvalue weighted by molar-refractivity contribution is 7.92. The number of carbonyl (C=O) groups is 1. The second kappa shape index (κ2) is 8.70. The van der Waals surface area contributed by atoms with Crippen LogP contribution in [0.25, 0.3) is 10.9 Å². The van der Waals surface area contributed by atoms with E-state index >= 15 is 0 Å². The Bertz CT molecular complexity index is 1590. The van der Waals surface area contributed by atoms with Gasteiger partial charge in [-0.15, -0.1) is 0 Å². The number of aromatic nitrogens is 2. The van der Waals surface area contributed by atoms with E-state index in [2.05, 4.69) is 4.98 Å². The summed E-state index contributed by atoms with van der Waals surface area (Å²) in [5, 5.41) is 0.456. The van der Waals surface area contributed by atoms with Gasteiger partial charge in [-0.05, 0) is 61.4 Å². The maximum absolute atomic E-state index is 13.1. The minimum absolute atomic E-state index is 0.147. The van der Waals surface area contributed by atoms with Crippen molar-refractivity contribution in [1.82, 2.24) is 9.55 Å². The Hall–Kier alpha value is -3.92. The molecule has 5 rings (SSSR count). The number of hydrogen-bond donors (Lipinski definition) is 0. The van der Waals surface area contributed by atoms with Gasteiger partial charge in [0.15, 0.2) is 5.82 Å². The number of carbonyl (C=O) groups excluding carboxylic acids is 1. The van der Waals surface area contributed by atoms with Crippen LogP contribution < -0.4 is 9.86 Å². The summed E-state index contributed by atoms with van der Waals surface area (Å²) in [6, 6.07) is 15.1. The molecule has 2 aromatic heterocycles. The van der Waals surface area contributed by atoms with Gasteiger partial charge in [0.2, 0.25) is 10.0 Å². The maximum Gasteiger partial charge on any atom is 0.338 e. The number of hydrogen-bond acceptors (Lipinski definition) is 7. The van der Waals surface area contributed by atoms with Gasteiger partial charge in [-0.3, -0.25) is 13.7 Å². The van der Waals surface area contributed by atoms with Crippen LogP contribution in [0.1, 0.15) is 34.4 Å². The summed E-state index contributed by atoms with van der Waals surface area (Å²) in [5.74, 6) is 0.265. The lowest BCUT2D eigenvalue weighted by atomic mass is 10.1. The van der Waals surface area contributed by atoms with Crippen LogP contribution in [0, 0.1) is 0 Å². The first-order valence-electron chi connectivity index (χ1n) is 11.0. The zero-order valence-corrected chi connectivity index (χ0v) is 20.0. The number of nitrogens with zero attached hydrogens (tertiary/aromatic N) is 3. The van der Waals surface area contributed by atoms with Gasteiger partial charge in [0.05, 0.1) is 41.2 Å². The molecule has 0 bridgehead atoms. The Kier molecular flexibility index (Phi) is 5.68. The van der Waals surface area contributed by atoms with E-state index in [1.807, 2.05) is 6.92 Å². The van der Waals surface area contributed by atoms with E-state index in [4.69, 9.17) is 9.15 Å². The topological polar surface area (TPSA) is 112 Å². The lowest BCUT2D eigenvalue weighted by Crippen LogP contribution is -2.34. The highest BCUT2D eigenvalue weighted by Gasteiger charge is 2.33. The average Bonchev–Trinajstić information content (AvgIpc) is 3.45. The van der Waals surface area contributed by atoms with Crippen molar-refractivity contribution in [3.05, 3.63) is 93.9 Å². The zero-order chi connectivity index (χ0) is 24.7. The fourth-order valence-corrected chi connectivity index (χ4v) is 5.76. The van der Waals surface area contributed by atoms with Crippen LogP contribution in [0.15, 0.2) is 70.1 Å². The van der Waals surface area contributed by atoms with E-state index < -0.39 is 16.0 Å². The zero-order valence-electron chi connectivity index (χ0n) is 19.2. The average molecular weight is 494 g/mol. The molecule has 180 valence electrons. The first-order valence-corrected chi connectivity index (χ1v) is 12.9. The number of anilines is 1. The smallest absolute Gasteiger partial charge is 0.338 e. The summed E-state index contributed by atoms with van der Waals surface area (Å²) in [5.41, 5.74) is 1.88. The molecule has 0 saturated carbocycles. The number of fused-ring (bicyclic) bond motifs is 2. The molecule has 10 heteroatoms. The Balaban J connectivity index is 1.42. The van der Waals surface area contributed by atoms with E-state index in [-0.39, 0.29) is 30.6 Å². The van der Waals surface area contributed by atoms with Gasteiger partial charge in [0, 0.05) is 6.04 Å². The summed E-state index contributed by atoms with van der Waals surface area (Å²) >= 11 is 0. The number of esters is 1. The number of benzene rings is 2. The van der Waals surface area contributed by atoms with Gasteiger partial charge in [0.1, 0.15) is 12.4 Å². The molecule has 0 fully saturated rings. The van der Waals surface area contributed by atoms with Gasteiger partial charge >= 0.3 is 5.97 Å². The van der Waals surface area contributed by atoms with Gasteiger partial charge in [-0.2, -0.15) is 0 Å². The fourth-order valence-electron chi connectivity index (χ4n) is 4.49. The molecule has 4 aromatic rings. The molecule has 3 heterocycles. The quantitative estimate of drug-likeness (QED) is 0.380. The Morgan fingerprint density at radius 3 is 2.71 bits per heavy atom. The lowest BCUT2D eigenvalue weighted by molar-refractivity contribution is 0.0456. The molecule has 1 aliphatic rings. The van der Waals surface area contributed by atoms with Crippen LogP contribution in [-0.2, 0) is 34.3 Å². The maximum atomic E-state index is 13.1. The highest BCUT2D eigenvalue weighted by atomic mass is 32.2. The number of para-hydroxylation sites is 1. The second-order valence-electron chi connectivity index (χ2n) is 8.55. The van der Waals surface area contributed by atoms with Crippen LogP contribution in [0.4, 0.5) is 5.69 Å². The number of sulfonamides is 1. The van der Waals surface area contributed by atoms with Crippen LogP contribution >= 0.6 is 0 Å². The Morgan fingerprint density at radius 1 is 1.17 bits per heavy atom. The van der Waals surface area contributed by atoms with Gasteiger partial charge in [0.25, 0.3) is 5.56 Å².